The molecule has 2 aromatic carbocycles. The predicted molar refractivity (Wildman–Crippen MR) is 83.4 cm³/mol. The van der Waals surface area contributed by atoms with E-state index in [9.17, 15) is 9.59 Å². The lowest BCUT2D eigenvalue weighted by Gasteiger charge is -2.07. The number of carboxylic acid groups (broad SMARTS) is 1. The molecule has 0 spiro atoms. The smallest absolute Gasteiger partial charge is 0.343 e. The van der Waals surface area contributed by atoms with Gasteiger partial charge in [0.05, 0.1) is 5.56 Å². The number of hydrogen-bond donors (Lipinski definition) is 1. The van der Waals surface area contributed by atoms with Gasteiger partial charge in [0, 0.05) is 0 Å². The van der Waals surface area contributed by atoms with E-state index in [4.69, 9.17) is 9.84 Å². The van der Waals surface area contributed by atoms with Gasteiger partial charge in [-0.1, -0.05) is 37.6 Å². The Hall–Kier alpha value is -2.62. The molecular formula is C18H18O4. The van der Waals surface area contributed by atoms with Crippen molar-refractivity contribution in [1.29, 1.82) is 0 Å². The van der Waals surface area contributed by atoms with Crippen molar-refractivity contribution >= 4 is 11.9 Å². The number of carboxylic acids is 1. The summed E-state index contributed by atoms with van der Waals surface area (Å²) in [5.74, 6) is -1.64. The third-order valence-electron chi connectivity index (χ3n) is 3.33. The quantitative estimate of drug-likeness (QED) is 0.648. The third kappa shape index (κ3) is 3.95. The van der Waals surface area contributed by atoms with Crippen LogP contribution < -0.4 is 4.74 Å². The molecule has 0 unspecified atom stereocenters. The van der Waals surface area contributed by atoms with Crippen LogP contribution in [0.25, 0.3) is 0 Å². The monoisotopic (exact) mass is 298 g/mol. The van der Waals surface area contributed by atoms with E-state index < -0.39 is 11.9 Å². The largest absolute Gasteiger partial charge is 0.478 e. The lowest BCUT2D eigenvalue weighted by Crippen LogP contribution is -2.11. The van der Waals surface area contributed by atoms with Crippen LogP contribution in [0.15, 0.2) is 48.5 Å². The average molecular weight is 298 g/mol. The van der Waals surface area contributed by atoms with Gasteiger partial charge in [0.15, 0.2) is 0 Å². The SMILES string of the molecule is CCCCc1ccc(C(=O)Oc2ccccc2C(=O)O)cc1. The molecule has 0 aromatic heterocycles. The van der Waals surface area contributed by atoms with E-state index in [1.807, 2.05) is 12.1 Å². The molecule has 0 heterocycles. The lowest BCUT2D eigenvalue weighted by molar-refractivity contribution is 0.0681. The second-order valence-electron chi connectivity index (χ2n) is 4.99. The Labute approximate surface area is 129 Å². The van der Waals surface area contributed by atoms with E-state index in [2.05, 4.69) is 6.92 Å². The van der Waals surface area contributed by atoms with E-state index in [-0.39, 0.29) is 11.3 Å². The maximum atomic E-state index is 12.1. The number of aryl methyl sites for hydroxylation is 1. The van der Waals surface area contributed by atoms with Crippen molar-refractivity contribution < 1.29 is 19.4 Å². The van der Waals surface area contributed by atoms with Crippen molar-refractivity contribution in [2.45, 2.75) is 26.2 Å². The molecule has 0 aliphatic carbocycles. The number of para-hydroxylation sites is 1. The van der Waals surface area contributed by atoms with E-state index in [0.29, 0.717) is 5.56 Å². The zero-order valence-corrected chi connectivity index (χ0v) is 12.4. The van der Waals surface area contributed by atoms with Gasteiger partial charge in [0.25, 0.3) is 0 Å². The highest BCUT2D eigenvalue weighted by Crippen LogP contribution is 2.19. The van der Waals surface area contributed by atoms with Crippen LogP contribution in [0.4, 0.5) is 0 Å². The Morgan fingerprint density at radius 2 is 1.73 bits per heavy atom. The molecule has 0 saturated heterocycles. The summed E-state index contributed by atoms with van der Waals surface area (Å²) in [6.07, 6.45) is 3.21. The van der Waals surface area contributed by atoms with Gasteiger partial charge in [-0.25, -0.2) is 9.59 Å². The van der Waals surface area contributed by atoms with Gasteiger partial charge in [-0.05, 0) is 42.7 Å². The van der Waals surface area contributed by atoms with E-state index in [0.717, 1.165) is 19.3 Å². The number of ether oxygens (including phenoxy) is 1. The second-order valence-corrected chi connectivity index (χ2v) is 4.99. The van der Waals surface area contributed by atoms with E-state index in [1.54, 1.807) is 24.3 Å². The summed E-state index contributed by atoms with van der Waals surface area (Å²) >= 11 is 0. The Morgan fingerprint density at radius 1 is 1.05 bits per heavy atom. The maximum absolute atomic E-state index is 12.1. The van der Waals surface area contributed by atoms with Crippen LogP contribution in [0, 0.1) is 0 Å². The van der Waals surface area contributed by atoms with Gasteiger partial charge >= 0.3 is 11.9 Å². The molecule has 0 atom stereocenters. The fourth-order valence-electron chi connectivity index (χ4n) is 2.08. The first kappa shape index (κ1) is 15.8. The molecule has 0 saturated carbocycles. The van der Waals surface area contributed by atoms with E-state index in [1.165, 1.54) is 17.7 Å². The summed E-state index contributed by atoms with van der Waals surface area (Å²) in [6, 6.07) is 13.3. The highest BCUT2D eigenvalue weighted by molar-refractivity contribution is 5.95. The molecule has 1 N–H and O–H groups in total. The number of hydrogen-bond acceptors (Lipinski definition) is 3. The summed E-state index contributed by atoms with van der Waals surface area (Å²) in [4.78, 5) is 23.2. The molecule has 0 radical (unpaired) electrons. The highest BCUT2D eigenvalue weighted by atomic mass is 16.5. The van der Waals surface area contributed by atoms with Crippen molar-refractivity contribution in [2.24, 2.45) is 0 Å². The molecule has 4 nitrogen and oxygen atoms in total. The first-order valence-electron chi connectivity index (χ1n) is 7.25. The molecule has 0 bridgehead atoms. The zero-order valence-electron chi connectivity index (χ0n) is 12.4. The van der Waals surface area contributed by atoms with Crippen LogP contribution in [0.2, 0.25) is 0 Å². The van der Waals surface area contributed by atoms with Crippen LogP contribution in [0.3, 0.4) is 0 Å². The molecule has 0 fully saturated rings. The number of benzene rings is 2. The van der Waals surface area contributed by atoms with Crippen LogP contribution in [0.1, 0.15) is 46.0 Å². The number of carbonyl (C=O) groups is 2. The lowest BCUT2D eigenvalue weighted by atomic mass is 10.1. The first-order valence-corrected chi connectivity index (χ1v) is 7.25. The molecule has 0 aliphatic rings. The summed E-state index contributed by atoms with van der Waals surface area (Å²) < 4.78 is 5.19. The standard InChI is InChI=1S/C18H18O4/c1-2-3-6-13-9-11-14(12-10-13)18(21)22-16-8-5-4-7-15(16)17(19)20/h4-5,7-12H,2-3,6H2,1H3,(H,19,20). The van der Waals surface area contributed by atoms with Crippen molar-refractivity contribution in [3.63, 3.8) is 0 Å². The summed E-state index contributed by atoms with van der Waals surface area (Å²) in [5, 5.41) is 9.08. The van der Waals surface area contributed by atoms with E-state index >= 15 is 0 Å². The van der Waals surface area contributed by atoms with Gasteiger partial charge in [-0.15, -0.1) is 0 Å². The fourth-order valence-corrected chi connectivity index (χ4v) is 2.08. The molecule has 114 valence electrons. The van der Waals surface area contributed by atoms with Crippen LogP contribution in [-0.2, 0) is 6.42 Å². The number of aromatic carboxylic acids is 1. The molecular weight excluding hydrogens is 280 g/mol. The third-order valence-corrected chi connectivity index (χ3v) is 3.33. The van der Waals surface area contributed by atoms with Gasteiger partial charge in [0.1, 0.15) is 11.3 Å². The van der Waals surface area contributed by atoms with Crippen LogP contribution in [-0.4, -0.2) is 17.0 Å². The predicted octanol–water partition coefficient (Wildman–Crippen LogP) is 3.95. The van der Waals surface area contributed by atoms with Crippen molar-refractivity contribution in [3.05, 3.63) is 65.2 Å². The number of carbonyl (C=O) groups excluding carboxylic acids is 1. The number of unbranched alkanes of at least 4 members (excludes halogenated alkanes) is 1. The van der Waals surface area contributed by atoms with Crippen molar-refractivity contribution in [3.8, 4) is 5.75 Å². The fraction of sp³-hybridized carbons (Fsp3) is 0.222. The first-order chi connectivity index (χ1) is 10.6. The number of rotatable bonds is 6. The maximum Gasteiger partial charge on any atom is 0.343 e. The second kappa shape index (κ2) is 7.41. The Morgan fingerprint density at radius 3 is 2.36 bits per heavy atom. The molecule has 4 heteroatoms. The minimum atomic E-state index is -1.13. The van der Waals surface area contributed by atoms with Crippen LogP contribution in [0.5, 0.6) is 5.75 Å². The molecule has 2 rings (SSSR count). The summed E-state index contributed by atoms with van der Waals surface area (Å²) in [5.41, 5.74) is 1.54. The zero-order chi connectivity index (χ0) is 15.9. The van der Waals surface area contributed by atoms with Crippen molar-refractivity contribution in [1.82, 2.24) is 0 Å². The Balaban J connectivity index is 2.11. The molecule has 2 aromatic rings. The van der Waals surface area contributed by atoms with Gasteiger partial charge in [0.2, 0.25) is 0 Å². The minimum absolute atomic E-state index is 0.0320. The summed E-state index contributed by atoms with van der Waals surface area (Å²) in [7, 11) is 0. The van der Waals surface area contributed by atoms with Gasteiger partial charge in [-0.3, -0.25) is 0 Å². The van der Waals surface area contributed by atoms with Gasteiger partial charge in [-0.2, -0.15) is 0 Å². The Kier molecular flexibility index (Phi) is 5.31. The average Bonchev–Trinajstić information content (AvgIpc) is 2.53. The normalized spacial score (nSPS) is 10.2. The van der Waals surface area contributed by atoms with Crippen LogP contribution >= 0.6 is 0 Å². The minimum Gasteiger partial charge on any atom is -0.478 e. The topological polar surface area (TPSA) is 63.6 Å². The molecule has 22 heavy (non-hydrogen) atoms. The highest BCUT2D eigenvalue weighted by Gasteiger charge is 2.15. The summed E-state index contributed by atoms with van der Waals surface area (Å²) in [6.45, 7) is 2.13. The molecule has 0 amide bonds. The Bertz CT molecular complexity index is 659. The van der Waals surface area contributed by atoms with Gasteiger partial charge < -0.3 is 9.84 Å². The number of esters is 1. The van der Waals surface area contributed by atoms with Crippen molar-refractivity contribution in [2.75, 3.05) is 0 Å². The molecule has 0 aliphatic heterocycles.